The molecule has 1 aromatic carbocycles. The maximum Gasteiger partial charge on any atom is 0.416 e. The first-order valence-electron chi connectivity index (χ1n) is 7.30. The van der Waals surface area contributed by atoms with Crippen LogP contribution < -0.4 is 10.9 Å². The summed E-state index contributed by atoms with van der Waals surface area (Å²) in [7, 11) is 0. The Bertz CT molecular complexity index is 999. The highest BCUT2D eigenvalue weighted by atomic mass is 32.2. The van der Waals surface area contributed by atoms with E-state index in [9.17, 15) is 22.8 Å². The van der Waals surface area contributed by atoms with E-state index in [0.717, 1.165) is 12.1 Å². The number of amides is 1. The number of carbonyl (C=O) groups is 1. The van der Waals surface area contributed by atoms with Crippen molar-refractivity contribution in [2.24, 2.45) is 0 Å². The van der Waals surface area contributed by atoms with Gasteiger partial charge in [0.15, 0.2) is 0 Å². The van der Waals surface area contributed by atoms with E-state index in [4.69, 9.17) is 0 Å². The van der Waals surface area contributed by atoms with Gasteiger partial charge in [0, 0.05) is 17.5 Å². The first-order chi connectivity index (χ1) is 12.3. The van der Waals surface area contributed by atoms with Crippen LogP contribution in [-0.2, 0) is 16.7 Å². The minimum Gasteiger partial charge on any atom is -0.325 e. The van der Waals surface area contributed by atoms with Crippen LogP contribution in [0.5, 0.6) is 0 Å². The molecule has 0 aliphatic rings. The molecular weight excluding hydrogens is 371 g/mol. The molecule has 11 heteroatoms. The molecule has 0 radical (unpaired) electrons. The number of benzene rings is 1. The summed E-state index contributed by atoms with van der Waals surface area (Å²) in [4.78, 5) is 31.7. The number of hydrogen-bond acceptors (Lipinski definition) is 5. The molecule has 3 aromatic rings. The predicted molar refractivity (Wildman–Crippen MR) is 89.8 cm³/mol. The molecule has 0 aliphatic heterocycles. The van der Waals surface area contributed by atoms with Gasteiger partial charge in [-0.25, -0.2) is 9.97 Å². The van der Waals surface area contributed by atoms with Crippen LogP contribution in [-0.4, -0.2) is 31.2 Å². The van der Waals surface area contributed by atoms with Gasteiger partial charge < -0.3 is 5.32 Å². The maximum absolute atomic E-state index is 12.7. The average molecular weight is 383 g/mol. The van der Waals surface area contributed by atoms with Crippen LogP contribution in [0.2, 0.25) is 0 Å². The minimum absolute atomic E-state index is 0.00212. The van der Waals surface area contributed by atoms with Gasteiger partial charge in [0.2, 0.25) is 5.91 Å². The van der Waals surface area contributed by atoms with Crippen molar-refractivity contribution in [2.45, 2.75) is 11.9 Å². The molecule has 3 rings (SSSR count). The smallest absolute Gasteiger partial charge is 0.325 e. The second-order valence-electron chi connectivity index (χ2n) is 5.23. The molecule has 136 valence electrons. The lowest BCUT2D eigenvalue weighted by molar-refractivity contribution is -0.137. The van der Waals surface area contributed by atoms with Crippen molar-refractivity contribution in [3.63, 3.8) is 0 Å². The van der Waals surface area contributed by atoms with Crippen molar-refractivity contribution in [2.75, 3.05) is 11.1 Å². The van der Waals surface area contributed by atoms with Crippen molar-refractivity contribution in [3.05, 3.63) is 58.3 Å². The molecule has 1 amide bonds. The van der Waals surface area contributed by atoms with Gasteiger partial charge in [0.05, 0.1) is 17.0 Å². The number of rotatable bonds is 5. The Kier molecular flexibility index (Phi) is 4.98. The second-order valence-corrected chi connectivity index (χ2v) is 6.21. The Hall–Kier alpha value is -2.82. The van der Waals surface area contributed by atoms with Crippen LogP contribution in [0.3, 0.4) is 0 Å². The molecule has 0 fully saturated rings. The number of fused-ring (bicyclic) bond motifs is 1. The van der Waals surface area contributed by atoms with Crippen LogP contribution in [0.1, 0.15) is 11.3 Å². The number of anilines is 1. The van der Waals surface area contributed by atoms with E-state index >= 15 is 0 Å². The summed E-state index contributed by atoms with van der Waals surface area (Å²) in [6.07, 6.45) is -3.14. The molecule has 0 spiro atoms. The van der Waals surface area contributed by atoms with Gasteiger partial charge in [-0.05, 0) is 18.2 Å². The minimum atomic E-state index is -4.47. The van der Waals surface area contributed by atoms with Gasteiger partial charge in [-0.2, -0.15) is 17.7 Å². The predicted octanol–water partition coefficient (Wildman–Crippen LogP) is 2.31. The van der Waals surface area contributed by atoms with Gasteiger partial charge in [-0.3, -0.25) is 14.7 Å². The summed E-state index contributed by atoms with van der Waals surface area (Å²) in [5, 5.41) is 5.03. The van der Waals surface area contributed by atoms with E-state index in [1.165, 1.54) is 40.8 Å². The van der Waals surface area contributed by atoms with Crippen molar-refractivity contribution in [1.29, 1.82) is 0 Å². The van der Waals surface area contributed by atoms with Crippen LogP contribution in [0, 0.1) is 0 Å². The Morgan fingerprint density at radius 3 is 2.88 bits per heavy atom. The number of alkyl halides is 3. The monoisotopic (exact) mass is 383 g/mol. The number of nitrogens with zero attached hydrogens (tertiary/aromatic N) is 3. The average Bonchev–Trinajstić information content (AvgIpc) is 3.03. The van der Waals surface area contributed by atoms with Gasteiger partial charge in [0.1, 0.15) is 6.33 Å². The lowest BCUT2D eigenvalue weighted by atomic mass is 10.2. The zero-order chi connectivity index (χ0) is 18.7. The fraction of sp³-hybridized carbons (Fsp3) is 0.200. The standard InChI is InChI=1S/C15H12F3N5O2S/c16-15(17,18)9-2-1-3-10(4-9)21-12(24)7-26-6-11-5-13(25)23-14(22-11)19-8-20-23/h1-5,8H,6-7H2,(H,21,24)(H,19,20,22). The molecular formula is C15H12F3N5O2S. The molecule has 26 heavy (non-hydrogen) atoms. The van der Waals surface area contributed by atoms with Gasteiger partial charge in [-0.1, -0.05) is 6.07 Å². The van der Waals surface area contributed by atoms with E-state index in [0.29, 0.717) is 5.69 Å². The van der Waals surface area contributed by atoms with Crippen LogP contribution in [0.4, 0.5) is 18.9 Å². The first-order valence-corrected chi connectivity index (χ1v) is 8.45. The Balaban J connectivity index is 1.56. The molecule has 2 aromatic heterocycles. The largest absolute Gasteiger partial charge is 0.416 e. The highest BCUT2D eigenvalue weighted by Gasteiger charge is 2.30. The van der Waals surface area contributed by atoms with Crippen molar-refractivity contribution < 1.29 is 18.0 Å². The first kappa shape index (κ1) is 18.0. The van der Waals surface area contributed by atoms with E-state index in [1.807, 2.05) is 0 Å². The third kappa shape index (κ3) is 4.23. The number of halogens is 3. The Morgan fingerprint density at radius 2 is 2.12 bits per heavy atom. The van der Waals surface area contributed by atoms with E-state index in [1.54, 1.807) is 0 Å². The lowest BCUT2D eigenvalue weighted by Gasteiger charge is -2.09. The van der Waals surface area contributed by atoms with E-state index < -0.39 is 17.6 Å². The van der Waals surface area contributed by atoms with Gasteiger partial charge in [-0.15, -0.1) is 11.8 Å². The number of aromatic nitrogens is 4. The third-order valence-electron chi connectivity index (χ3n) is 3.28. The number of nitrogens with one attached hydrogen (secondary N) is 2. The summed E-state index contributed by atoms with van der Waals surface area (Å²) in [6, 6.07) is 5.73. The fourth-order valence-corrected chi connectivity index (χ4v) is 2.88. The highest BCUT2D eigenvalue weighted by Crippen LogP contribution is 2.30. The van der Waals surface area contributed by atoms with Crippen LogP contribution in [0.25, 0.3) is 5.78 Å². The second kappa shape index (κ2) is 7.20. The fourth-order valence-electron chi connectivity index (χ4n) is 2.16. The molecule has 2 heterocycles. The van der Waals surface area contributed by atoms with Crippen molar-refractivity contribution in [1.82, 2.24) is 19.6 Å². The summed E-state index contributed by atoms with van der Waals surface area (Å²) in [5.41, 5.74) is -0.629. The molecule has 0 unspecified atom stereocenters. The number of carbonyl (C=O) groups excluding carboxylic acids is 1. The van der Waals surface area contributed by atoms with Gasteiger partial charge >= 0.3 is 6.18 Å². The molecule has 7 nitrogen and oxygen atoms in total. The normalized spacial score (nSPS) is 11.7. The number of thioether (sulfide) groups is 1. The molecule has 0 bridgehead atoms. The number of aromatic amines is 1. The number of hydrogen-bond donors (Lipinski definition) is 2. The van der Waals surface area contributed by atoms with Gasteiger partial charge in [0.25, 0.3) is 11.3 Å². The van der Waals surface area contributed by atoms with Crippen LogP contribution in [0.15, 0.2) is 41.5 Å². The maximum atomic E-state index is 12.7. The summed E-state index contributed by atoms with van der Waals surface area (Å²) in [5.74, 6) is 0.0559. The molecule has 0 saturated carbocycles. The SMILES string of the molecule is O=C(CSCc1cc(=O)n2[nH]cnc2n1)Nc1cccc(C(F)(F)F)c1. The summed E-state index contributed by atoms with van der Waals surface area (Å²) < 4.78 is 39.1. The molecule has 0 saturated heterocycles. The summed E-state index contributed by atoms with van der Waals surface area (Å²) in [6.45, 7) is 0. The van der Waals surface area contributed by atoms with Crippen molar-refractivity contribution >= 4 is 29.1 Å². The highest BCUT2D eigenvalue weighted by molar-refractivity contribution is 7.99. The quantitative estimate of drug-likeness (QED) is 0.705. The van der Waals surface area contributed by atoms with Crippen LogP contribution >= 0.6 is 11.8 Å². The Morgan fingerprint density at radius 1 is 1.31 bits per heavy atom. The summed E-state index contributed by atoms with van der Waals surface area (Å²) >= 11 is 1.18. The lowest BCUT2D eigenvalue weighted by Crippen LogP contribution is -2.17. The zero-order valence-electron chi connectivity index (χ0n) is 13.1. The van der Waals surface area contributed by atoms with E-state index in [2.05, 4.69) is 20.4 Å². The molecule has 0 aliphatic carbocycles. The number of H-pyrrole nitrogens is 1. The molecule has 0 atom stereocenters. The van der Waals surface area contributed by atoms with E-state index in [-0.39, 0.29) is 28.5 Å². The van der Waals surface area contributed by atoms with Crippen molar-refractivity contribution in [3.8, 4) is 0 Å². The topological polar surface area (TPSA) is 92.1 Å². The molecule has 2 N–H and O–H groups in total. The third-order valence-corrected chi connectivity index (χ3v) is 4.24. The zero-order valence-corrected chi connectivity index (χ0v) is 13.9. The Labute approximate surface area is 148 Å².